The van der Waals surface area contributed by atoms with E-state index < -0.39 is 23.8 Å². The number of hydrogen-bond donors (Lipinski definition) is 3. The number of anilines is 1. The number of benzene rings is 1. The van der Waals surface area contributed by atoms with Crippen molar-refractivity contribution in [3.05, 3.63) is 52.8 Å². The number of halogens is 1. The van der Waals surface area contributed by atoms with E-state index in [2.05, 4.69) is 36.6 Å². The van der Waals surface area contributed by atoms with Crippen molar-refractivity contribution in [3.63, 3.8) is 0 Å². The first-order chi connectivity index (χ1) is 13.3. The number of primary amides is 1. The number of aromatic nitrogens is 3. The zero-order valence-electron chi connectivity index (χ0n) is 14.8. The Morgan fingerprint density at radius 3 is 2.64 bits per heavy atom. The van der Waals surface area contributed by atoms with Gasteiger partial charge in [-0.1, -0.05) is 24.3 Å². The van der Waals surface area contributed by atoms with Gasteiger partial charge in [-0.15, -0.1) is 0 Å². The van der Waals surface area contributed by atoms with Crippen LogP contribution in [0.15, 0.2) is 47.1 Å². The van der Waals surface area contributed by atoms with Gasteiger partial charge in [0.05, 0.1) is 5.52 Å². The third kappa shape index (κ3) is 4.34. The van der Waals surface area contributed by atoms with E-state index in [1.54, 1.807) is 49.4 Å². The van der Waals surface area contributed by atoms with Crippen LogP contribution in [0.2, 0.25) is 0 Å². The smallest absolute Gasteiger partial charge is 0.269 e. The second kappa shape index (κ2) is 8.17. The molecule has 10 heteroatoms. The molecular weight excluding hydrogens is 428 g/mol. The predicted molar refractivity (Wildman–Crippen MR) is 106 cm³/mol. The van der Waals surface area contributed by atoms with Gasteiger partial charge in [-0.2, -0.15) is 5.10 Å². The van der Waals surface area contributed by atoms with E-state index in [1.807, 2.05) is 0 Å². The maximum Gasteiger partial charge on any atom is 0.269 e. The van der Waals surface area contributed by atoms with Gasteiger partial charge in [-0.05, 0) is 41.1 Å². The third-order valence-electron chi connectivity index (χ3n) is 3.92. The van der Waals surface area contributed by atoms with Gasteiger partial charge in [-0.3, -0.25) is 19.1 Å². The number of nitrogens with two attached hydrogens (primary N) is 1. The Labute approximate surface area is 168 Å². The normalized spacial score (nSPS) is 11.8. The van der Waals surface area contributed by atoms with Crippen LogP contribution in [-0.4, -0.2) is 38.5 Å². The summed E-state index contributed by atoms with van der Waals surface area (Å²) in [5, 5.41) is 9.91. The minimum Gasteiger partial charge on any atom is -0.364 e. The molecule has 0 aliphatic heterocycles. The summed E-state index contributed by atoms with van der Waals surface area (Å²) in [6.45, 7) is 1.39. The Kier molecular flexibility index (Phi) is 5.69. The zero-order valence-corrected chi connectivity index (χ0v) is 16.4. The van der Waals surface area contributed by atoms with Crippen molar-refractivity contribution in [1.29, 1.82) is 0 Å². The van der Waals surface area contributed by atoms with Crippen LogP contribution < -0.4 is 16.4 Å². The Bertz CT molecular complexity index is 1060. The molecule has 0 fully saturated rings. The highest BCUT2D eigenvalue weighted by atomic mass is 79.9. The zero-order chi connectivity index (χ0) is 20.3. The summed E-state index contributed by atoms with van der Waals surface area (Å²) in [4.78, 5) is 40.3. The lowest BCUT2D eigenvalue weighted by atomic mass is 10.2. The number of nitrogens with zero attached hydrogens (tertiary/aromatic N) is 3. The third-order valence-corrected chi connectivity index (χ3v) is 4.36. The number of rotatable bonds is 6. The van der Waals surface area contributed by atoms with Crippen LogP contribution in [0.4, 0.5) is 5.82 Å². The minimum absolute atomic E-state index is 0.0925. The SMILES string of the molecule is CC(NC(=O)Cn1nc(C(N)=O)c2ccccc21)C(=O)Nc1cccc(Br)n1. The molecular formula is C18H17BrN6O3. The fraction of sp³-hybridized carbons (Fsp3) is 0.167. The average Bonchev–Trinajstić information content (AvgIpc) is 3.00. The van der Waals surface area contributed by atoms with Crippen molar-refractivity contribution >= 4 is 50.4 Å². The van der Waals surface area contributed by atoms with Crippen LogP contribution in [0.5, 0.6) is 0 Å². The first-order valence-corrected chi connectivity index (χ1v) is 9.12. The second-order valence-corrected chi connectivity index (χ2v) is 6.82. The van der Waals surface area contributed by atoms with Gasteiger partial charge in [0.25, 0.3) is 5.91 Å². The van der Waals surface area contributed by atoms with Crippen molar-refractivity contribution < 1.29 is 14.4 Å². The van der Waals surface area contributed by atoms with Crippen LogP contribution in [0.25, 0.3) is 10.9 Å². The van der Waals surface area contributed by atoms with Crippen LogP contribution in [0.1, 0.15) is 17.4 Å². The molecule has 1 unspecified atom stereocenters. The molecule has 0 radical (unpaired) electrons. The second-order valence-electron chi connectivity index (χ2n) is 6.01. The maximum absolute atomic E-state index is 12.4. The summed E-state index contributed by atoms with van der Waals surface area (Å²) in [6.07, 6.45) is 0. The number of fused-ring (bicyclic) bond motifs is 1. The fourth-order valence-electron chi connectivity index (χ4n) is 2.63. The number of hydrogen-bond acceptors (Lipinski definition) is 5. The standard InChI is InChI=1S/C18H17BrN6O3/c1-10(18(28)23-14-8-4-7-13(19)22-14)21-15(26)9-25-12-6-3-2-5-11(12)16(24-25)17(20)27/h2-8,10H,9H2,1H3,(H2,20,27)(H,21,26)(H,22,23,28). The summed E-state index contributed by atoms with van der Waals surface area (Å²) in [6, 6.07) is 11.3. The van der Waals surface area contributed by atoms with E-state index in [9.17, 15) is 14.4 Å². The topological polar surface area (TPSA) is 132 Å². The molecule has 1 aromatic carbocycles. The number of nitrogens with one attached hydrogen (secondary N) is 2. The molecule has 144 valence electrons. The van der Waals surface area contributed by atoms with Crippen molar-refractivity contribution in [2.45, 2.75) is 19.5 Å². The largest absolute Gasteiger partial charge is 0.364 e. The summed E-state index contributed by atoms with van der Waals surface area (Å²) in [5.41, 5.74) is 6.04. The highest BCUT2D eigenvalue weighted by Crippen LogP contribution is 2.18. The summed E-state index contributed by atoms with van der Waals surface area (Å²) in [5.74, 6) is -1.16. The van der Waals surface area contributed by atoms with Crippen molar-refractivity contribution in [2.24, 2.45) is 5.73 Å². The monoisotopic (exact) mass is 444 g/mol. The Balaban J connectivity index is 1.68. The van der Waals surface area contributed by atoms with Gasteiger partial charge in [0.1, 0.15) is 23.0 Å². The van der Waals surface area contributed by atoms with Crippen LogP contribution in [0.3, 0.4) is 0 Å². The lowest BCUT2D eigenvalue weighted by Gasteiger charge is -2.14. The molecule has 3 amide bonds. The molecule has 0 spiro atoms. The molecule has 0 saturated carbocycles. The first-order valence-electron chi connectivity index (χ1n) is 8.33. The van der Waals surface area contributed by atoms with Crippen molar-refractivity contribution in [3.8, 4) is 0 Å². The van der Waals surface area contributed by atoms with Crippen LogP contribution in [-0.2, 0) is 16.1 Å². The summed E-state index contributed by atoms with van der Waals surface area (Å²) >= 11 is 3.22. The minimum atomic E-state index is -0.800. The Morgan fingerprint density at radius 2 is 1.93 bits per heavy atom. The van der Waals surface area contributed by atoms with E-state index in [-0.39, 0.29) is 12.2 Å². The molecule has 2 heterocycles. The van der Waals surface area contributed by atoms with Crippen molar-refractivity contribution in [1.82, 2.24) is 20.1 Å². The molecule has 28 heavy (non-hydrogen) atoms. The Morgan fingerprint density at radius 1 is 1.18 bits per heavy atom. The molecule has 2 aromatic heterocycles. The summed E-state index contributed by atoms with van der Waals surface area (Å²) < 4.78 is 1.96. The van der Waals surface area contributed by atoms with E-state index in [1.165, 1.54) is 4.68 Å². The summed E-state index contributed by atoms with van der Waals surface area (Å²) in [7, 11) is 0. The molecule has 0 bridgehead atoms. The quantitative estimate of drug-likeness (QED) is 0.494. The number of pyridine rings is 1. The van der Waals surface area contributed by atoms with Gasteiger partial charge in [0, 0.05) is 5.39 Å². The lowest BCUT2D eigenvalue weighted by Crippen LogP contribution is -2.43. The fourth-order valence-corrected chi connectivity index (χ4v) is 2.97. The van der Waals surface area contributed by atoms with E-state index in [0.29, 0.717) is 21.3 Å². The predicted octanol–water partition coefficient (Wildman–Crippen LogP) is 1.44. The van der Waals surface area contributed by atoms with Crippen LogP contribution in [0, 0.1) is 0 Å². The van der Waals surface area contributed by atoms with Gasteiger partial charge >= 0.3 is 0 Å². The molecule has 9 nitrogen and oxygen atoms in total. The van der Waals surface area contributed by atoms with E-state index in [4.69, 9.17) is 5.73 Å². The molecule has 0 aliphatic rings. The molecule has 0 aliphatic carbocycles. The molecule has 0 saturated heterocycles. The highest BCUT2D eigenvalue weighted by molar-refractivity contribution is 9.10. The van der Waals surface area contributed by atoms with Gasteiger partial charge in [-0.25, -0.2) is 4.98 Å². The number of para-hydroxylation sites is 1. The molecule has 3 rings (SSSR count). The highest BCUT2D eigenvalue weighted by Gasteiger charge is 2.19. The maximum atomic E-state index is 12.4. The van der Waals surface area contributed by atoms with Gasteiger partial charge in [0.15, 0.2) is 5.69 Å². The molecule has 3 aromatic rings. The van der Waals surface area contributed by atoms with Gasteiger partial charge < -0.3 is 16.4 Å². The number of carbonyl (C=O) groups is 3. The van der Waals surface area contributed by atoms with Crippen LogP contribution >= 0.6 is 15.9 Å². The Hall–Kier alpha value is -3.27. The number of carbonyl (C=O) groups excluding carboxylic acids is 3. The molecule has 1 atom stereocenters. The van der Waals surface area contributed by atoms with E-state index >= 15 is 0 Å². The first kappa shape index (κ1) is 19.5. The lowest BCUT2D eigenvalue weighted by molar-refractivity contribution is -0.126. The molecule has 4 N–H and O–H groups in total. The average molecular weight is 445 g/mol. The number of amides is 3. The van der Waals surface area contributed by atoms with E-state index in [0.717, 1.165) is 0 Å². The van der Waals surface area contributed by atoms with Gasteiger partial charge in [0.2, 0.25) is 11.8 Å². The van der Waals surface area contributed by atoms with Crippen molar-refractivity contribution in [2.75, 3.05) is 5.32 Å².